The van der Waals surface area contributed by atoms with Gasteiger partial charge in [-0.15, -0.1) is 0 Å². The molecule has 104 valence electrons. The molecule has 2 atom stereocenters. The summed E-state index contributed by atoms with van der Waals surface area (Å²) >= 11 is 0. The average molecular weight is 263 g/mol. The molecular formula is C14H21N3O2. The van der Waals surface area contributed by atoms with Gasteiger partial charge in [0.25, 0.3) is 0 Å². The first kappa shape index (κ1) is 15.0. The van der Waals surface area contributed by atoms with Gasteiger partial charge in [-0.3, -0.25) is 4.79 Å². The molecule has 0 aromatic heterocycles. The number of oxime groups is 1. The van der Waals surface area contributed by atoms with Gasteiger partial charge in [-0.1, -0.05) is 55.8 Å². The monoisotopic (exact) mass is 263 g/mol. The maximum absolute atomic E-state index is 12.3. The number of nitrogens with one attached hydrogen (secondary N) is 1. The van der Waals surface area contributed by atoms with E-state index in [-0.39, 0.29) is 30.1 Å². The first-order valence-electron chi connectivity index (χ1n) is 6.39. The molecule has 1 rings (SSSR count). The van der Waals surface area contributed by atoms with Crippen molar-refractivity contribution in [2.45, 2.75) is 26.2 Å². The van der Waals surface area contributed by atoms with E-state index in [4.69, 9.17) is 10.9 Å². The SMILES string of the molecule is CCC(C)C(C(=O)NC/C(N)=N/O)c1ccccc1. The summed E-state index contributed by atoms with van der Waals surface area (Å²) < 4.78 is 0. The fourth-order valence-electron chi connectivity index (χ4n) is 1.96. The minimum atomic E-state index is -0.224. The van der Waals surface area contributed by atoms with Crippen LogP contribution in [0, 0.1) is 5.92 Å². The number of hydrogen-bond donors (Lipinski definition) is 3. The Bertz CT molecular complexity index is 432. The molecule has 0 bridgehead atoms. The number of hydrogen-bond acceptors (Lipinski definition) is 3. The van der Waals surface area contributed by atoms with E-state index < -0.39 is 0 Å². The minimum Gasteiger partial charge on any atom is -0.409 e. The number of rotatable bonds is 6. The third kappa shape index (κ3) is 4.28. The van der Waals surface area contributed by atoms with Gasteiger partial charge in [-0.2, -0.15) is 0 Å². The molecule has 1 aromatic carbocycles. The standard InChI is InChI=1S/C14H21N3O2/c1-3-10(2)13(11-7-5-4-6-8-11)14(18)16-9-12(15)17-19/h4-8,10,13,19H,3,9H2,1-2H3,(H2,15,17)(H,16,18). The predicted octanol–water partition coefficient (Wildman–Crippen LogP) is 1.68. The van der Waals surface area contributed by atoms with Crippen LogP contribution in [0.4, 0.5) is 0 Å². The van der Waals surface area contributed by atoms with Gasteiger partial charge < -0.3 is 16.3 Å². The third-order valence-electron chi connectivity index (χ3n) is 3.23. The Balaban J connectivity index is 2.83. The topological polar surface area (TPSA) is 87.7 Å². The van der Waals surface area contributed by atoms with Crippen LogP contribution in [0.2, 0.25) is 0 Å². The lowest BCUT2D eigenvalue weighted by Crippen LogP contribution is -2.38. The molecule has 0 saturated carbocycles. The Morgan fingerprint density at radius 1 is 1.42 bits per heavy atom. The summed E-state index contributed by atoms with van der Waals surface area (Å²) in [4.78, 5) is 12.3. The second-order valence-electron chi connectivity index (χ2n) is 4.58. The number of nitrogens with zero attached hydrogens (tertiary/aromatic N) is 1. The fourth-order valence-corrected chi connectivity index (χ4v) is 1.96. The van der Waals surface area contributed by atoms with Crippen molar-refractivity contribution in [3.8, 4) is 0 Å². The molecule has 2 unspecified atom stereocenters. The van der Waals surface area contributed by atoms with Crippen LogP contribution >= 0.6 is 0 Å². The average Bonchev–Trinajstić information content (AvgIpc) is 2.45. The van der Waals surface area contributed by atoms with Gasteiger partial charge in [0, 0.05) is 0 Å². The summed E-state index contributed by atoms with van der Waals surface area (Å²) in [6, 6.07) is 9.65. The molecule has 19 heavy (non-hydrogen) atoms. The maximum atomic E-state index is 12.3. The van der Waals surface area contributed by atoms with E-state index in [1.165, 1.54) is 0 Å². The highest BCUT2D eigenvalue weighted by Crippen LogP contribution is 2.26. The fraction of sp³-hybridized carbons (Fsp3) is 0.429. The maximum Gasteiger partial charge on any atom is 0.228 e. The summed E-state index contributed by atoms with van der Waals surface area (Å²) in [5.74, 6) is -0.121. The van der Waals surface area contributed by atoms with Crippen molar-refractivity contribution in [3.05, 3.63) is 35.9 Å². The molecule has 0 heterocycles. The van der Waals surface area contributed by atoms with Crippen LogP contribution in [-0.4, -0.2) is 23.5 Å². The highest BCUT2D eigenvalue weighted by atomic mass is 16.4. The number of carbonyl (C=O) groups is 1. The van der Waals surface area contributed by atoms with E-state index >= 15 is 0 Å². The Morgan fingerprint density at radius 3 is 2.58 bits per heavy atom. The number of nitrogens with two attached hydrogens (primary N) is 1. The van der Waals surface area contributed by atoms with Gasteiger partial charge >= 0.3 is 0 Å². The molecule has 1 aromatic rings. The molecule has 0 aliphatic heterocycles. The van der Waals surface area contributed by atoms with Gasteiger partial charge in [0.05, 0.1) is 12.5 Å². The number of benzene rings is 1. The summed E-state index contributed by atoms with van der Waals surface area (Å²) in [6.45, 7) is 4.15. The van der Waals surface area contributed by atoms with Crippen molar-refractivity contribution in [3.63, 3.8) is 0 Å². The zero-order valence-electron chi connectivity index (χ0n) is 11.3. The summed E-state index contributed by atoms with van der Waals surface area (Å²) in [5.41, 5.74) is 6.33. The van der Waals surface area contributed by atoms with Gasteiger partial charge in [-0.25, -0.2) is 0 Å². The van der Waals surface area contributed by atoms with Crippen LogP contribution < -0.4 is 11.1 Å². The van der Waals surface area contributed by atoms with Gasteiger partial charge in [0.15, 0.2) is 5.84 Å². The first-order chi connectivity index (χ1) is 9.10. The molecule has 0 radical (unpaired) electrons. The molecule has 0 saturated heterocycles. The van der Waals surface area contributed by atoms with E-state index in [0.29, 0.717) is 0 Å². The second kappa shape index (κ2) is 7.41. The van der Waals surface area contributed by atoms with E-state index in [1.807, 2.05) is 37.3 Å². The molecule has 0 fully saturated rings. The van der Waals surface area contributed by atoms with E-state index in [9.17, 15) is 4.79 Å². The van der Waals surface area contributed by atoms with Crippen LogP contribution in [-0.2, 0) is 4.79 Å². The van der Waals surface area contributed by atoms with Gasteiger partial charge in [-0.05, 0) is 11.5 Å². The van der Waals surface area contributed by atoms with Crippen LogP contribution in [0.3, 0.4) is 0 Å². The summed E-state index contributed by atoms with van der Waals surface area (Å²) in [5, 5.41) is 14.0. The third-order valence-corrected chi connectivity index (χ3v) is 3.23. The Hall–Kier alpha value is -2.04. The van der Waals surface area contributed by atoms with E-state index in [2.05, 4.69) is 17.4 Å². The van der Waals surface area contributed by atoms with Crippen LogP contribution in [0.5, 0.6) is 0 Å². The lowest BCUT2D eigenvalue weighted by Gasteiger charge is -2.22. The van der Waals surface area contributed by atoms with Crippen molar-refractivity contribution < 1.29 is 10.0 Å². The lowest BCUT2D eigenvalue weighted by atomic mass is 9.85. The molecule has 0 spiro atoms. The smallest absolute Gasteiger partial charge is 0.228 e. The number of carbonyl (C=O) groups excluding carboxylic acids is 1. The molecule has 4 N–H and O–H groups in total. The molecule has 0 aliphatic rings. The van der Waals surface area contributed by atoms with Crippen LogP contribution in [0.25, 0.3) is 0 Å². The van der Waals surface area contributed by atoms with Gasteiger partial charge in [0.1, 0.15) is 0 Å². The minimum absolute atomic E-state index is 0.00990. The predicted molar refractivity (Wildman–Crippen MR) is 75.1 cm³/mol. The van der Waals surface area contributed by atoms with E-state index in [1.54, 1.807) is 0 Å². The Morgan fingerprint density at radius 2 is 2.05 bits per heavy atom. The largest absolute Gasteiger partial charge is 0.409 e. The van der Waals surface area contributed by atoms with Crippen molar-refractivity contribution in [1.82, 2.24) is 5.32 Å². The van der Waals surface area contributed by atoms with E-state index in [0.717, 1.165) is 12.0 Å². The number of amidine groups is 1. The highest BCUT2D eigenvalue weighted by molar-refractivity contribution is 5.89. The second-order valence-corrected chi connectivity index (χ2v) is 4.58. The lowest BCUT2D eigenvalue weighted by molar-refractivity contribution is -0.123. The molecule has 5 heteroatoms. The van der Waals surface area contributed by atoms with Crippen LogP contribution in [0.1, 0.15) is 31.7 Å². The number of amides is 1. The quantitative estimate of drug-likeness (QED) is 0.316. The summed E-state index contributed by atoms with van der Waals surface area (Å²) in [7, 11) is 0. The first-order valence-corrected chi connectivity index (χ1v) is 6.39. The van der Waals surface area contributed by atoms with Gasteiger partial charge in [0.2, 0.25) is 5.91 Å². The Kier molecular flexibility index (Phi) is 5.85. The van der Waals surface area contributed by atoms with Crippen LogP contribution in [0.15, 0.2) is 35.5 Å². The Labute approximate surface area is 113 Å². The normalized spacial score (nSPS) is 14.7. The van der Waals surface area contributed by atoms with Crippen molar-refractivity contribution in [2.75, 3.05) is 6.54 Å². The molecule has 5 nitrogen and oxygen atoms in total. The molecule has 1 amide bonds. The van der Waals surface area contributed by atoms with Crippen molar-refractivity contribution in [2.24, 2.45) is 16.8 Å². The molecular weight excluding hydrogens is 242 g/mol. The zero-order chi connectivity index (χ0) is 14.3. The zero-order valence-corrected chi connectivity index (χ0v) is 11.3. The van der Waals surface area contributed by atoms with Crippen molar-refractivity contribution in [1.29, 1.82) is 0 Å². The highest BCUT2D eigenvalue weighted by Gasteiger charge is 2.25. The molecule has 0 aliphatic carbocycles. The van der Waals surface area contributed by atoms with Crippen molar-refractivity contribution >= 4 is 11.7 Å². The summed E-state index contributed by atoms with van der Waals surface area (Å²) in [6.07, 6.45) is 0.899.